The first-order valence-electron chi connectivity index (χ1n) is 9.96. The summed E-state index contributed by atoms with van der Waals surface area (Å²) >= 11 is 0. The Morgan fingerprint density at radius 3 is 2.64 bits per heavy atom. The molecule has 0 unspecified atom stereocenters. The number of benzene rings is 3. The molecule has 0 spiro atoms. The van der Waals surface area contributed by atoms with Crippen LogP contribution < -0.4 is 24.3 Å². The number of hydrogen-bond donors (Lipinski definition) is 1. The summed E-state index contributed by atoms with van der Waals surface area (Å²) < 4.78 is 35.6. The predicted molar refractivity (Wildman–Crippen MR) is 119 cm³/mol. The normalized spacial score (nSPS) is 13.3. The van der Waals surface area contributed by atoms with Crippen molar-refractivity contribution in [2.24, 2.45) is 0 Å². The van der Waals surface area contributed by atoms with Gasteiger partial charge in [-0.25, -0.2) is 4.39 Å². The van der Waals surface area contributed by atoms with Crippen LogP contribution in [0.1, 0.15) is 15.9 Å². The summed E-state index contributed by atoms with van der Waals surface area (Å²) in [5.74, 6) is 0.393. The van der Waals surface area contributed by atoms with Crippen LogP contribution in [0.25, 0.3) is 6.08 Å². The number of methoxy groups -OCH3 is 2. The van der Waals surface area contributed by atoms with E-state index in [-0.39, 0.29) is 23.8 Å². The Balaban J connectivity index is 1.47. The van der Waals surface area contributed by atoms with Crippen molar-refractivity contribution in [2.75, 3.05) is 26.1 Å². The fraction of sp³-hybridized carbons (Fsp3) is 0.120. The average Bonchev–Trinajstić information content (AvgIpc) is 3.13. The lowest BCUT2D eigenvalue weighted by Gasteiger charge is -2.10. The number of para-hydroxylation sites is 2. The average molecular weight is 449 g/mol. The van der Waals surface area contributed by atoms with Gasteiger partial charge in [0.25, 0.3) is 5.91 Å². The van der Waals surface area contributed by atoms with Crippen LogP contribution in [0.2, 0.25) is 0 Å². The minimum absolute atomic E-state index is 0.0664. The molecule has 1 heterocycles. The number of nitrogens with one attached hydrogen (secondary N) is 1. The summed E-state index contributed by atoms with van der Waals surface area (Å²) in [6.45, 7) is -0.342. The minimum atomic E-state index is -0.540. The summed E-state index contributed by atoms with van der Waals surface area (Å²) in [7, 11) is 3.04. The van der Waals surface area contributed by atoms with Crippen molar-refractivity contribution in [1.29, 1.82) is 0 Å². The molecule has 3 aromatic rings. The number of halogens is 1. The minimum Gasteiger partial charge on any atom is -0.493 e. The maximum atomic E-state index is 13.7. The monoisotopic (exact) mass is 449 g/mol. The Kier molecular flexibility index (Phi) is 6.26. The largest absolute Gasteiger partial charge is 0.493 e. The third kappa shape index (κ3) is 4.64. The molecule has 0 saturated heterocycles. The molecule has 0 fully saturated rings. The van der Waals surface area contributed by atoms with Crippen LogP contribution in [0, 0.1) is 5.82 Å². The molecule has 1 aliphatic rings. The predicted octanol–water partition coefficient (Wildman–Crippen LogP) is 4.48. The molecule has 1 aliphatic heterocycles. The Hall–Kier alpha value is -4.33. The first kappa shape index (κ1) is 21.9. The van der Waals surface area contributed by atoms with E-state index >= 15 is 0 Å². The van der Waals surface area contributed by atoms with E-state index in [9.17, 15) is 14.0 Å². The Bertz CT molecular complexity index is 1250. The van der Waals surface area contributed by atoms with Crippen molar-refractivity contribution in [3.8, 4) is 23.0 Å². The zero-order valence-corrected chi connectivity index (χ0v) is 17.9. The summed E-state index contributed by atoms with van der Waals surface area (Å²) in [6.07, 6.45) is 1.58. The number of Topliss-reactive ketones (excluding diaryl/α,β-unsaturated/α-hetero) is 1. The van der Waals surface area contributed by atoms with Crippen LogP contribution in [0.3, 0.4) is 0 Å². The lowest BCUT2D eigenvalue weighted by atomic mass is 10.1. The maximum Gasteiger partial charge on any atom is 0.262 e. The lowest BCUT2D eigenvalue weighted by molar-refractivity contribution is -0.118. The Labute approximate surface area is 189 Å². The van der Waals surface area contributed by atoms with E-state index in [1.165, 1.54) is 38.5 Å². The molecule has 0 radical (unpaired) electrons. The molecule has 1 amide bonds. The fourth-order valence-electron chi connectivity index (χ4n) is 3.32. The first-order chi connectivity index (χ1) is 16.0. The standard InChI is InChI=1S/C25H20FNO6/c1-30-20-9-5-6-15(25(20)31-2)12-22-24(29)17-11-10-16(13-21(17)33-22)32-14-23(28)27-19-8-4-3-7-18(19)26/h3-13H,14H2,1-2H3,(H,27,28). The second-order valence-corrected chi connectivity index (χ2v) is 7.00. The van der Waals surface area contributed by atoms with Gasteiger partial charge in [0.15, 0.2) is 23.9 Å². The van der Waals surface area contributed by atoms with Crippen LogP contribution in [-0.2, 0) is 4.79 Å². The lowest BCUT2D eigenvalue weighted by Crippen LogP contribution is -2.20. The Morgan fingerprint density at radius 1 is 1.06 bits per heavy atom. The van der Waals surface area contributed by atoms with E-state index in [1.54, 1.807) is 42.5 Å². The van der Waals surface area contributed by atoms with Gasteiger partial charge in [-0.15, -0.1) is 0 Å². The van der Waals surface area contributed by atoms with E-state index < -0.39 is 11.7 Å². The molecule has 0 aromatic heterocycles. The fourth-order valence-corrected chi connectivity index (χ4v) is 3.32. The highest BCUT2D eigenvalue weighted by atomic mass is 19.1. The van der Waals surface area contributed by atoms with Crippen LogP contribution in [0.4, 0.5) is 10.1 Å². The van der Waals surface area contributed by atoms with Gasteiger partial charge in [-0.05, 0) is 36.4 Å². The zero-order chi connectivity index (χ0) is 23.4. The second kappa shape index (κ2) is 9.44. The van der Waals surface area contributed by atoms with Gasteiger partial charge in [0.1, 0.15) is 17.3 Å². The summed E-state index contributed by atoms with van der Waals surface area (Å²) in [5, 5.41) is 2.44. The van der Waals surface area contributed by atoms with E-state index in [0.29, 0.717) is 34.1 Å². The number of anilines is 1. The highest BCUT2D eigenvalue weighted by Gasteiger charge is 2.28. The molecular formula is C25H20FNO6. The molecule has 7 nitrogen and oxygen atoms in total. The van der Waals surface area contributed by atoms with Crippen molar-refractivity contribution in [3.05, 3.63) is 83.4 Å². The van der Waals surface area contributed by atoms with Crippen LogP contribution in [0.15, 0.2) is 66.4 Å². The smallest absolute Gasteiger partial charge is 0.262 e. The van der Waals surface area contributed by atoms with E-state index in [1.807, 2.05) is 0 Å². The number of ether oxygens (including phenoxy) is 4. The van der Waals surface area contributed by atoms with E-state index in [4.69, 9.17) is 18.9 Å². The number of allylic oxidation sites excluding steroid dienone is 1. The zero-order valence-electron chi connectivity index (χ0n) is 17.9. The molecule has 3 aromatic carbocycles. The van der Waals surface area contributed by atoms with E-state index in [2.05, 4.69) is 5.32 Å². The van der Waals surface area contributed by atoms with Crippen molar-refractivity contribution >= 4 is 23.5 Å². The summed E-state index contributed by atoms with van der Waals surface area (Å²) in [4.78, 5) is 24.8. The van der Waals surface area contributed by atoms with Gasteiger partial charge in [-0.1, -0.05) is 24.3 Å². The third-order valence-corrected chi connectivity index (χ3v) is 4.88. The van der Waals surface area contributed by atoms with Gasteiger partial charge in [0, 0.05) is 11.6 Å². The number of rotatable bonds is 7. The molecular weight excluding hydrogens is 429 g/mol. The van der Waals surface area contributed by atoms with Gasteiger partial charge in [0.05, 0.1) is 25.5 Å². The van der Waals surface area contributed by atoms with Gasteiger partial charge in [-0.3, -0.25) is 9.59 Å². The molecule has 168 valence electrons. The SMILES string of the molecule is COc1cccc(C=C2Oc3cc(OCC(=O)Nc4ccccc4F)ccc3C2=O)c1OC. The number of amides is 1. The molecule has 0 atom stereocenters. The maximum absolute atomic E-state index is 13.7. The molecule has 0 aliphatic carbocycles. The molecule has 0 bridgehead atoms. The van der Waals surface area contributed by atoms with Crippen molar-refractivity contribution in [3.63, 3.8) is 0 Å². The first-order valence-corrected chi connectivity index (χ1v) is 9.96. The number of ketones is 1. The van der Waals surface area contributed by atoms with Gasteiger partial charge in [-0.2, -0.15) is 0 Å². The summed E-state index contributed by atoms with van der Waals surface area (Å²) in [6, 6.07) is 15.8. The van der Waals surface area contributed by atoms with Gasteiger partial charge >= 0.3 is 0 Å². The summed E-state index contributed by atoms with van der Waals surface area (Å²) in [5.41, 5.74) is 1.05. The molecule has 1 N–H and O–H groups in total. The number of hydrogen-bond acceptors (Lipinski definition) is 6. The van der Waals surface area contributed by atoms with Crippen LogP contribution in [0.5, 0.6) is 23.0 Å². The number of carbonyl (C=O) groups excluding carboxylic acids is 2. The number of fused-ring (bicyclic) bond motifs is 1. The third-order valence-electron chi connectivity index (χ3n) is 4.88. The quantitative estimate of drug-likeness (QED) is 0.536. The van der Waals surface area contributed by atoms with Crippen molar-refractivity contribution in [1.82, 2.24) is 0 Å². The van der Waals surface area contributed by atoms with Gasteiger partial charge in [0.2, 0.25) is 5.78 Å². The van der Waals surface area contributed by atoms with Crippen molar-refractivity contribution < 1.29 is 32.9 Å². The molecule has 4 rings (SSSR count). The number of carbonyl (C=O) groups is 2. The van der Waals surface area contributed by atoms with Gasteiger partial charge < -0.3 is 24.3 Å². The molecule has 8 heteroatoms. The van der Waals surface area contributed by atoms with Crippen LogP contribution in [-0.4, -0.2) is 32.5 Å². The van der Waals surface area contributed by atoms with Crippen LogP contribution >= 0.6 is 0 Å². The Morgan fingerprint density at radius 2 is 1.88 bits per heavy atom. The van der Waals surface area contributed by atoms with E-state index in [0.717, 1.165) is 0 Å². The molecule has 0 saturated carbocycles. The highest BCUT2D eigenvalue weighted by Crippen LogP contribution is 2.37. The topological polar surface area (TPSA) is 83.1 Å². The van der Waals surface area contributed by atoms with Crippen molar-refractivity contribution in [2.45, 2.75) is 0 Å². The molecule has 33 heavy (non-hydrogen) atoms. The second-order valence-electron chi connectivity index (χ2n) is 7.00. The highest BCUT2D eigenvalue weighted by molar-refractivity contribution is 6.14.